The number of hydrogen-bond acceptors (Lipinski definition) is 4. The molecule has 1 atom stereocenters. The maximum atomic E-state index is 12.2. The van der Waals surface area contributed by atoms with Crippen LogP contribution in [0.4, 0.5) is 0 Å². The molecule has 0 fully saturated rings. The van der Waals surface area contributed by atoms with Crippen LogP contribution in [-0.4, -0.2) is 39.7 Å². The van der Waals surface area contributed by atoms with Crippen molar-refractivity contribution in [1.82, 2.24) is 10.3 Å². The number of carboxylic acids is 1. The van der Waals surface area contributed by atoms with Crippen LogP contribution in [0.5, 0.6) is 0 Å². The average molecular weight is 309 g/mol. The van der Waals surface area contributed by atoms with Gasteiger partial charge in [0.1, 0.15) is 11.2 Å². The third kappa shape index (κ3) is 3.29. The summed E-state index contributed by atoms with van der Waals surface area (Å²) in [7, 11) is 0. The molecule has 0 aliphatic heterocycles. The van der Waals surface area contributed by atoms with Gasteiger partial charge in [0, 0.05) is 24.6 Å². The molecule has 0 unspecified atom stereocenters. The normalized spacial score (nSPS) is 12.1. The van der Waals surface area contributed by atoms with Gasteiger partial charge in [-0.2, -0.15) is 0 Å². The van der Waals surface area contributed by atoms with Gasteiger partial charge in [0.15, 0.2) is 0 Å². The number of carbonyl (C=O) groups is 2. The number of nitrogens with zero attached hydrogens (tertiary/aromatic N) is 1. The molecule has 0 radical (unpaired) electrons. The monoisotopic (exact) mass is 308 g/mol. The van der Waals surface area contributed by atoms with Crippen LogP contribution in [0, 0.1) is 0 Å². The van der Waals surface area contributed by atoms with Crippen molar-refractivity contribution in [2.45, 2.75) is 12.5 Å². The van der Waals surface area contributed by atoms with E-state index in [-0.39, 0.29) is 23.7 Å². The third-order valence-corrected chi connectivity index (χ3v) is 3.31. The van der Waals surface area contributed by atoms with Crippen molar-refractivity contribution in [2.75, 3.05) is 6.61 Å². The second-order valence-electron chi connectivity index (χ2n) is 4.38. The molecule has 1 heterocycles. The summed E-state index contributed by atoms with van der Waals surface area (Å²) in [5.74, 6) is -1.78. The average Bonchev–Trinajstić information content (AvgIpc) is 2.47. The van der Waals surface area contributed by atoms with E-state index in [9.17, 15) is 9.59 Å². The third-order valence-electron chi connectivity index (χ3n) is 3.01. The van der Waals surface area contributed by atoms with E-state index in [1.165, 1.54) is 6.20 Å². The number of benzene rings is 1. The van der Waals surface area contributed by atoms with Crippen LogP contribution in [0.15, 0.2) is 30.5 Å². The molecule has 3 N–H and O–H groups in total. The van der Waals surface area contributed by atoms with Crippen molar-refractivity contribution in [1.29, 1.82) is 0 Å². The van der Waals surface area contributed by atoms with Crippen LogP contribution in [0.2, 0.25) is 5.15 Å². The Morgan fingerprint density at radius 1 is 1.29 bits per heavy atom. The lowest BCUT2D eigenvalue weighted by atomic mass is 10.1. The number of amides is 1. The molecule has 0 aliphatic rings. The molecule has 7 heteroatoms. The summed E-state index contributed by atoms with van der Waals surface area (Å²) in [6.07, 6.45) is 1.23. The van der Waals surface area contributed by atoms with Crippen LogP contribution in [0.3, 0.4) is 0 Å². The summed E-state index contributed by atoms with van der Waals surface area (Å²) in [6.45, 7) is -0.336. The van der Waals surface area contributed by atoms with Crippen molar-refractivity contribution in [2.24, 2.45) is 0 Å². The highest BCUT2D eigenvalue weighted by Crippen LogP contribution is 2.24. The van der Waals surface area contributed by atoms with Crippen LogP contribution >= 0.6 is 11.6 Å². The molecule has 2 rings (SSSR count). The minimum Gasteiger partial charge on any atom is -0.480 e. The Balaban J connectivity index is 2.36. The number of carboxylic acid groups (broad SMARTS) is 1. The van der Waals surface area contributed by atoms with Crippen molar-refractivity contribution in [3.05, 3.63) is 41.2 Å². The van der Waals surface area contributed by atoms with E-state index in [0.29, 0.717) is 10.8 Å². The molecule has 0 saturated carbocycles. The Kier molecular flexibility index (Phi) is 4.72. The Labute approximate surface area is 125 Å². The molecule has 110 valence electrons. The first-order valence-electron chi connectivity index (χ1n) is 6.22. The minimum atomic E-state index is -1.20. The highest BCUT2D eigenvalue weighted by atomic mass is 35.5. The SMILES string of the molecule is O=C(N[C@H](CCO)C(=O)O)c1cnc(Cl)c2ccccc12. The molecular formula is C14H13ClN2O4. The van der Waals surface area contributed by atoms with Crippen LogP contribution in [-0.2, 0) is 4.79 Å². The topological polar surface area (TPSA) is 99.5 Å². The van der Waals surface area contributed by atoms with E-state index in [1.54, 1.807) is 24.3 Å². The number of rotatable bonds is 5. The molecule has 2 aromatic rings. The summed E-state index contributed by atoms with van der Waals surface area (Å²) >= 11 is 5.97. The highest BCUT2D eigenvalue weighted by molar-refractivity contribution is 6.34. The summed E-state index contributed by atoms with van der Waals surface area (Å²) in [5.41, 5.74) is 0.235. The van der Waals surface area contributed by atoms with Crippen molar-refractivity contribution in [3.63, 3.8) is 0 Å². The number of fused-ring (bicyclic) bond motifs is 1. The minimum absolute atomic E-state index is 0.0694. The molecule has 1 aromatic carbocycles. The van der Waals surface area contributed by atoms with Gasteiger partial charge in [-0.05, 0) is 5.39 Å². The Morgan fingerprint density at radius 3 is 2.57 bits per heavy atom. The zero-order chi connectivity index (χ0) is 15.4. The van der Waals surface area contributed by atoms with Gasteiger partial charge in [-0.25, -0.2) is 9.78 Å². The van der Waals surface area contributed by atoms with Gasteiger partial charge in [0.05, 0.1) is 5.56 Å². The molecule has 1 amide bonds. The number of aliphatic carboxylic acids is 1. The van der Waals surface area contributed by atoms with Crippen LogP contribution in [0.25, 0.3) is 10.8 Å². The first kappa shape index (κ1) is 15.2. The first-order valence-corrected chi connectivity index (χ1v) is 6.60. The Hall–Kier alpha value is -2.18. The second kappa shape index (κ2) is 6.51. The van der Waals surface area contributed by atoms with E-state index in [0.717, 1.165) is 0 Å². The molecule has 0 aliphatic carbocycles. The Morgan fingerprint density at radius 2 is 1.95 bits per heavy atom. The van der Waals surface area contributed by atoms with E-state index in [1.807, 2.05) is 0 Å². The predicted octanol–water partition coefficient (Wildman–Crippen LogP) is 1.45. The van der Waals surface area contributed by atoms with Gasteiger partial charge in [-0.15, -0.1) is 0 Å². The van der Waals surface area contributed by atoms with Crippen molar-refractivity contribution >= 4 is 34.2 Å². The van der Waals surface area contributed by atoms with Gasteiger partial charge < -0.3 is 15.5 Å². The van der Waals surface area contributed by atoms with Crippen LogP contribution in [0.1, 0.15) is 16.8 Å². The fourth-order valence-corrected chi connectivity index (χ4v) is 2.18. The number of aliphatic hydroxyl groups excluding tert-OH is 1. The molecule has 0 bridgehead atoms. The summed E-state index contributed by atoms with van der Waals surface area (Å²) in [6, 6.07) is 5.79. The number of halogens is 1. The molecule has 6 nitrogen and oxygen atoms in total. The van der Waals surface area contributed by atoms with Gasteiger partial charge in [0.25, 0.3) is 5.91 Å². The summed E-state index contributed by atoms with van der Waals surface area (Å²) in [4.78, 5) is 27.2. The van der Waals surface area contributed by atoms with Crippen LogP contribution < -0.4 is 5.32 Å². The van der Waals surface area contributed by atoms with E-state index < -0.39 is 17.9 Å². The fourth-order valence-electron chi connectivity index (χ4n) is 1.96. The number of nitrogens with one attached hydrogen (secondary N) is 1. The van der Waals surface area contributed by atoms with Crippen molar-refractivity contribution in [3.8, 4) is 0 Å². The quantitative estimate of drug-likeness (QED) is 0.726. The molecular weight excluding hydrogens is 296 g/mol. The first-order chi connectivity index (χ1) is 10.0. The van der Waals surface area contributed by atoms with E-state index in [2.05, 4.69) is 10.3 Å². The number of aliphatic hydroxyl groups is 1. The number of aromatic nitrogens is 1. The lowest BCUT2D eigenvalue weighted by Gasteiger charge is -2.14. The summed E-state index contributed by atoms with van der Waals surface area (Å²) < 4.78 is 0. The molecule has 1 aromatic heterocycles. The smallest absolute Gasteiger partial charge is 0.326 e. The zero-order valence-electron chi connectivity index (χ0n) is 10.9. The van der Waals surface area contributed by atoms with E-state index >= 15 is 0 Å². The van der Waals surface area contributed by atoms with Gasteiger partial charge >= 0.3 is 5.97 Å². The Bertz CT molecular complexity index is 690. The number of hydrogen-bond donors (Lipinski definition) is 3. The number of pyridine rings is 1. The largest absolute Gasteiger partial charge is 0.480 e. The highest BCUT2D eigenvalue weighted by Gasteiger charge is 2.21. The van der Waals surface area contributed by atoms with Crippen molar-refractivity contribution < 1.29 is 19.8 Å². The van der Waals surface area contributed by atoms with Gasteiger partial charge in [0.2, 0.25) is 0 Å². The van der Waals surface area contributed by atoms with Gasteiger partial charge in [-0.1, -0.05) is 35.9 Å². The fraction of sp³-hybridized carbons (Fsp3) is 0.214. The molecule has 21 heavy (non-hydrogen) atoms. The summed E-state index contributed by atoms with van der Waals surface area (Å²) in [5, 5.41) is 21.7. The van der Waals surface area contributed by atoms with Gasteiger partial charge in [-0.3, -0.25) is 4.79 Å². The maximum absolute atomic E-state index is 12.2. The second-order valence-corrected chi connectivity index (χ2v) is 4.74. The molecule has 0 saturated heterocycles. The lowest BCUT2D eigenvalue weighted by molar-refractivity contribution is -0.139. The zero-order valence-corrected chi connectivity index (χ0v) is 11.7. The maximum Gasteiger partial charge on any atom is 0.326 e. The standard InChI is InChI=1S/C14H13ClN2O4/c15-12-9-4-2-1-3-8(9)10(7-16-12)13(19)17-11(5-6-18)14(20)21/h1-4,7,11,18H,5-6H2,(H,17,19)(H,20,21)/t11-/m1/s1. The predicted molar refractivity (Wildman–Crippen MR) is 77.3 cm³/mol. The lowest BCUT2D eigenvalue weighted by Crippen LogP contribution is -2.41. The molecule has 0 spiro atoms. The van der Waals surface area contributed by atoms with E-state index in [4.69, 9.17) is 21.8 Å². The number of carbonyl (C=O) groups excluding carboxylic acids is 1.